The van der Waals surface area contributed by atoms with Crippen LogP contribution in [0, 0.1) is 24.3 Å². The molecule has 144 heavy (non-hydrogen) atoms. The zero-order valence-electron chi connectivity index (χ0n) is 85.3. The maximum atomic E-state index is 10.6. The van der Waals surface area contributed by atoms with Crippen LogP contribution < -0.4 is 31.1 Å². The van der Waals surface area contributed by atoms with Crippen molar-refractivity contribution in [3.63, 3.8) is 0 Å². The summed E-state index contributed by atoms with van der Waals surface area (Å²) in [6.45, 7) is 42.3. The smallest absolute Gasteiger partial charge is 0.143 e. The third-order valence-electron chi connectivity index (χ3n) is 26.1. The molecule has 0 saturated carbocycles. The topological polar surface area (TPSA) is 204 Å². The van der Waals surface area contributed by atoms with E-state index in [4.69, 9.17) is 39.9 Å². The molecule has 16 nitrogen and oxygen atoms in total. The molecule has 0 spiro atoms. The van der Waals surface area contributed by atoms with Crippen LogP contribution in [0.4, 0.5) is 0 Å². The van der Waals surface area contributed by atoms with Crippen LogP contribution in [0.1, 0.15) is 0 Å². The molecule has 8 aromatic heterocycles. The summed E-state index contributed by atoms with van der Waals surface area (Å²) in [5, 5.41) is 50.1. The molecule has 0 aliphatic heterocycles. The Labute approximate surface area is 910 Å². The van der Waals surface area contributed by atoms with E-state index in [1.807, 2.05) is 171 Å². The van der Waals surface area contributed by atoms with Crippen molar-refractivity contribution in [2.45, 2.75) is 118 Å². The number of nitrogens with zero attached hydrogens (tertiary/aromatic N) is 12. The fourth-order valence-corrected chi connectivity index (χ4v) is 24.2. The van der Waals surface area contributed by atoms with Crippen molar-refractivity contribution in [1.82, 2.24) is 58.1 Å². The molecule has 12 aromatic carbocycles. The summed E-state index contributed by atoms with van der Waals surface area (Å²) >= 11 is 0. The number of rotatable bonds is 18. The number of phenolic OH excluding ortho intramolecular Hbond substituents is 4. The van der Waals surface area contributed by atoms with Crippen LogP contribution in [-0.4, -0.2) is 127 Å². The molecule has 0 amide bonds. The summed E-state index contributed by atoms with van der Waals surface area (Å²) in [5.41, 5.74) is 26.3. The van der Waals surface area contributed by atoms with E-state index in [0.717, 1.165) is 168 Å². The predicted molar refractivity (Wildman–Crippen MR) is 599 cm³/mol. The molecule has 0 radical (unpaired) electrons. The predicted octanol–water partition coefficient (Wildman–Crippen LogP) is 25.2. The molecule has 0 aliphatic carbocycles. The SMILES string of the molecule is Cn1c(-c2ccccc2O)nc2c(-c3[c-]c(-c4cc([Si](C)(C)C)ccn4)ccc3)cc([Si](C)(C)C)cc21.Cn1c(-c2ccccc2O)nc2c(-c3[c-]c(-c4cc([Si](C)(C)C)ccn4)ccc3)cc([Si](C)(C)C)cc21.Cn1c(-c2ccccc2O)nc2c(-c3[c-]c(-c4ccc([Si](C)(C)C)cn4)ccc3)cccc21.Cn1c(-c2ccccc2O)nc2c(-c3[c-]c(-c4ccc([Si](C)(C)C)cn4)ccc3)cccc21.[Pt].[Pt].[Pt].[Pt]. The van der Waals surface area contributed by atoms with Gasteiger partial charge in [-0.3, -0.25) is 19.9 Å². The van der Waals surface area contributed by atoms with E-state index in [2.05, 4.69) is 297 Å². The number of fused-ring (bicyclic) bond motifs is 4. The summed E-state index contributed by atoms with van der Waals surface area (Å²) in [7, 11) is -0.963. The van der Waals surface area contributed by atoms with Gasteiger partial charge in [0.1, 0.15) is 46.3 Å². The molecular formula is C118H120N12O4Pt4Si6-4. The molecule has 0 saturated heterocycles. The molecule has 0 aliphatic rings. The van der Waals surface area contributed by atoms with Crippen LogP contribution in [0.25, 0.3) is 179 Å². The molecule has 20 aromatic rings. The normalized spacial score (nSPS) is 11.7. The van der Waals surface area contributed by atoms with Gasteiger partial charge in [-0.1, -0.05) is 304 Å². The van der Waals surface area contributed by atoms with Crippen molar-refractivity contribution in [3.8, 4) is 158 Å². The number of aryl methyl sites for hydroxylation is 4. The minimum Gasteiger partial charge on any atom is -0.507 e. The zero-order valence-corrected chi connectivity index (χ0v) is 100. The Morgan fingerprint density at radius 3 is 0.722 bits per heavy atom. The van der Waals surface area contributed by atoms with Crippen LogP contribution in [0.5, 0.6) is 23.0 Å². The minimum absolute atomic E-state index is 0. The van der Waals surface area contributed by atoms with E-state index in [-0.39, 0.29) is 107 Å². The maximum Gasteiger partial charge on any atom is 0.143 e. The first-order valence-electron chi connectivity index (χ1n) is 47.6. The van der Waals surface area contributed by atoms with Gasteiger partial charge in [-0.25, -0.2) is 19.9 Å². The number of aromatic nitrogens is 12. The van der Waals surface area contributed by atoms with E-state index in [1.165, 1.54) is 31.1 Å². The van der Waals surface area contributed by atoms with Gasteiger partial charge in [0.15, 0.2) is 0 Å². The summed E-state index contributed by atoms with van der Waals surface area (Å²) in [6, 6.07) is 108. The van der Waals surface area contributed by atoms with Crippen molar-refractivity contribution in [1.29, 1.82) is 0 Å². The third kappa shape index (κ3) is 23.6. The van der Waals surface area contributed by atoms with Gasteiger partial charge in [0.2, 0.25) is 0 Å². The second-order valence-corrected chi connectivity index (χ2v) is 72.8. The van der Waals surface area contributed by atoms with Gasteiger partial charge in [0.05, 0.1) is 115 Å². The van der Waals surface area contributed by atoms with E-state index in [0.29, 0.717) is 11.1 Å². The fraction of sp³-hybridized carbons (Fsp3) is 0.186. The average molecular weight is 2720 g/mol. The molecule has 0 fully saturated rings. The molecule has 26 heteroatoms. The van der Waals surface area contributed by atoms with Crippen LogP contribution in [0.15, 0.2) is 304 Å². The van der Waals surface area contributed by atoms with Crippen molar-refractivity contribution >= 4 is 124 Å². The number of benzene rings is 12. The maximum absolute atomic E-state index is 10.6. The number of hydrogen-bond donors (Lipinski definition) is 4. The van der Waals surface area contributed by atoms with Crippen LogP contribution in [-0.2, 0) is 112 Å². The first-order valence-corrected chi connectivity index (χ1v) is 68.6. The van der Waals surface area contributed by atoms with Gasteiger partial charge in [0, 0.05) is 160 Å². The van der Waals surface area contributed by atoms with Crippen molar-refractivity contribution in [2.24, 2.45) is 28.2 Å². The van der Waals surface area contributed by atoms with Gasteiger partial charge in [-0.05, 0) is 95.3 Å². The van der Waals surface area contributed by atoms with Gasteiger partial charge in [-0.15, -0.1) is 119 Å². The van der Waals surface area contributed by atoms with Gasteiger partial charge < -0.3 is 38.7 Å². The summed E-state index contributed by atoms with van der Waals surface area (Å²) < 4.78 is 8.24. The number of imidazole rings is 4. The van der Waals surface area contributed by atoms with Crippen LogP contribution >= 0.6 is 0 Å². The Morgan fingerprint density at radius 1 is 0.208 bits per heavy atom. The average Bonchev–Trinajstić information content (AvgIpc) is 1.60. The summed E-state index contributed by atoms with van der Waals surface area (Å²) in [5.74, 6) is 3.87. The van der Waals surface area contributed by atoms with E-state index < -0.39 is 48.4 Å². The molecular weight excluding hydrogens is 2600 g/mol. The quantitative estimate of drug-likeness (QED) is 0.0468. The summed E-state index contributed by atoms with van der Waals surface area (Å²) in [6.07, 6.45) is 7.87. The Bertz CT molecular complexity index is 7610. The van der Waals surface area contributed by atoms with E-state index >= 15 is 0 Å². The zero-order chi connectivity index (χ0) is 99.4. The van der Waals surface area contributed by atoms with Crippen molar-refractivity contribution < 1.29 is 105 Å². The van der Waals surface area contributed by atoms with Crippen molar-refractivity contribution in [3.05, 3.63) is 328 Å². The Morgan fingerprint density at radius 2 is 0.451 bits per heavy atom. The van der Waals surface area contributed by atoms with Gasteiger partial charge in [0.25, 0.3) is 0 Å². The first-order chi connectivity index (χ1) is 66.5. The van der Waals surface area contributed by atoms with Gasteiger partial charge >= 0.3 is 0 Å². The molecule has 0 atom stereocenters. The monoisotopic (exact) mass is 2720 g/mol. The molecule has 0 bridgehead atoms. The summed E-state index contributed by atoms with van der Waals surface area (Å²) in [4.78, 5) is 38.9. The standard InChI is InChI=1S/2C31H34N3OSi2.2C28H26N3OSi.4Pt/c2*1-34-28-20-24(37(5,6)7)18-26(30(28)33-31(34)25-13-8-9-14-29(25)35)21-11-10-12-22(17-21)27-19-23(15-16-32-27)36(2,3)4;2*1-31-25-13-8-12-22(27(25)30-28(31)23-11-5-6-14-26(23)32)19-9-7-10-20(17-19)24-16-15-21(18-29-24)33(2,3)4;;;;/h2*8-16,18-20,35H,1-7H3;2*5-16,18,32H,1-4H3;;;;/q4*-1;;;;. The third-order valence-corrected chi connectivity index (χ3v) is 38.2. The number of phenols is 4. The Kier molecular flexibility index (Phi) is 33.8. The first kappa shape index (κ1) is 110. The van der Waals surface area contributed by atoms with E-state index in [9.17, 15) is 20.4 Å². The molecule has 4 N–H and O–H groups in total. The number of pyridine rings is 4. The fourth-order valence-electron chi connectivity index (χ4n) is 17.5. The molecule has 0 unspecified atom stereocenters. The van der Waals surface area contributed by atoms with Gasteiger partial charge in [-0.2, -0.15) is 0 Å². The van der Waals surface area contributed by atoms with Crippen LogP contribution in [0.2, 0.25) is 118 Å². The minimum atomic E-state index is -1.64. The Balaban J connectivity index is 0.000000160. The Hall–Kier alpha value is -11.6. The number of aromatic hydroxyl groups is 4. The van der Waals surface area contributed by atoms with E-state index in [1.54, 1.807) is 24.3 Å². The number of hydrogen-bond acceptors (Lipinski definition) is 12. The molecule has 20 rings (SSSR count). The molecule has 744 valence electrons. The second kappa shape index (κ2) is 44.4. The largest absolute Gasteiger partial charge is 0.507 e. The number of para-hydroxylation sites is 6. The van der Waals surface area contributed by atoms with Crippen LogP contribution in [0.3, 0.4) is 0 Å². The second-order valence-electron chi connectivity index (χ2n) is 42.3. The molecule has 8 heterocycles. The van der Waals surface area contributed by atoms with Crippen molar-refractivity contribution in [2.75, 3.05) is 0 Å².